The molecule has 116 valence electrons. The lowest BCUT2D eigenvalue weighted by Crippen LogP contribution is -2.24. The van der Waals surface area contributed by atoms with Crippen molar-refractivity contribution >= 4 is 12.1 Å². The summed E-state index contributed by atoms with van der Waals surface area (Å²) in [6, 6.07) is 16.5. The zero-order valence-electron chi connectivity index (χ0n) is 12.8. The molecule has 23 heavy (non-hydrogen) atoms. The smallest absolute Gasteiger partial charge is 0.277 e. The highest BCUT2D eigenvalue weighted by Gasteiger charge is 2.01. The number of nitrogens with zero attached hydrogens (tertiary/aromatic N) is 2. The number of hydrazone groups is 1. The maximum Gasteiger partial charge on any atom is 0.277 e. The molecule has 2 rings (SSSR count). The molecule has 1 N–H and O–H groups in total. The van der Waals surface area contributed by atoms with Gasteiger partial charge in [-0.2, -0.15) is 10.4 Å². The second kappa shape index (κ2) is 8.35. The van der Waals surface area contributed by atoms with Crippen molar-refractivity contribution < 1.29 is 9.53 Å². The van der Waals surface area contributed by atoms with Crippen LogP contribution in [0.25, 0.3) is 0 Å². The number of hydrogen-bond donors (Lipinski definition) is 1. The lowest BCUT2D eigenvalue weighted by Gasteiger charge is -2.05. The van der Waals surface area contributed by atoms with E-state index < -0.39 is 0 Å². The first-order chi connectivity index (χ1) is 11.2. The Kier molecular flexibility index (Phi) is 5.89. The Bertz CT molecular complexity index is 713. The van der Waals surface area contributed by atoms with Gasteiger partial charge in [0.2, 0.25) is 0 Å². The molecule has 2 aromatic carbocycles. The Balaban J connectivity index is 1.77. The maximum absolute atomic E-state index is 11.6. The maximum atomic E-state index is 11.6. The quantitative estimate of drug-likeness (QED) is 0.658. The summed E-state index contributed by atoms with van der Waals surface area (Å²) in [4.78, 5) is 11.6. The number of carbonyl (C=O) groups excluding carboxylic acids is 1. The van der Waals surface area contributed by atoms with Crippen LogP contribution in [0.1, 0.15) is 23.6 Å². The summed E-state index contributed by atoms with van der Waals surface area (Å²) in [7, 11) is 0. The number of nitrogens with one attached hydrogen (secondary N) is 1. The molecule has 0 spiro atoms. The van der Waals surface area contributed by atoms with Gasteiger partial charge in [-0.3, -0.25) is 4.79 Å². The van der Waals surface area contributed by atoms with E-state index in [2.05, 4.69) is 17.5 Å². The molecule has 0 atom stereocenters. The highest BCUT2D eigenvalue weighted by molar-refractivity contribution is 5.83. The number of amides is 1. The minimum atomic E-state index is -0.338. The molecule has 2 aromatic rings. The first-order valence-electron chi connectivity index (χ1n) is 7.25. The lowest BCUT2D eigenvalue weighted by atomic mass is 10.2. The van der Waals surface area contributed by atoms with Crippen LogP contribution in [0.5, 0.6) is 5.75 Å². The van der Waals surface area contributed by atoms with Crippen molar-refractivity contribution in [1.29, 1.82) is 5.26 Å². The molecule has 0 aliphatic carbocycles. The zero-order valence-corrected chi connectivity index (χ0v) is 12.8. The van der Waals surface area contributed by atoms with Crippen molar-refractivity contribution in [3.05, 3.63) is 65.2 Å². The Morgan fingerprint density at radius 1 is 1.22 bits per heavy atom. The van der Waals surface area contributed by atoms with E-state index in [4.69, 9.17) is 10.00 Å². The van der Waals surface area contributed by atoms with Gasteiger partial charge in [-0.05, 0) is 41.8 Å². The summed E-state index contributed by atoms with van der Waals surface area (Å²) in [5, 5.41) is 12.6. The predicted octanol–water partition coefficient (Wildman–Crippen LogP) is 2.65. The Labute approximate surface area is 135 Å². The van der Waals surface area contributed by atoms with E-state index in [1.165, 1.54) is 11.8 Å². The van der Waals surface area contributed by atoms with Crippen LogP contribution in [0.4, 0.5) is 0 Å². The monoisotopic (exact) mass is 307 g/mol. The molecule has 1 amide bonds. The SMILES string of the molecule is CCc1ccc(OCC(=O)N/N=C\c2ccc(C#N)cc2)cc1. The molecule has 0 aliphatic rings. The van der Waals surface area contributed by atoms with Crippen LogP contribution >= 0.6 is 0 Å². The van der Waals surface area contributed by atoms with Crippen molar-refractivity contribution in [2.45, 2.75) is 13.3 Å². The van der Waals surface area contributed by atoms with Gasteiger partial charge in [0, 0.05) is 0 Å². The topological polar surface area (TPSA) is 74.5 Å². The van der Waals surface area contributed by atoms with Crippen LogP contribution in [0.2, 0.25) is 0 Å². The zero-order chi connectivity index (χ0) is 16.5. The average Bonchev–Trinajstić information content (AvgIpc) is 2.61. The van der Waals surface area contributed by atoms with E-state index in [-0.39, 0.29) is 12.5 Å². The van der Waals surface area contributed by atoms with E-state index in [9.17, 15) is 4.79 Å². The fourth-order valence-electron chi connectivity index (χ4n) is 1.83. The van der Waals surface area contributed by atoms with Gasteiger partial charge in [-0.25, -0.2) is 5.43 Å². The minimum absolute atomic E-state index is 0.101. The van der Waals surface area contributed by atoms with Gasteiger partial charge in [0.05, 0.1) is 17.8 Å². The number of carbonyl (C=O) groups is 1. The molecule has 5 nitrogen and oxygen atoms in total. The van der Waals surface area contributed by atoms with Crippen LogP contribution in [-0.2, 0) is 11.2 Å². The van der Waals surface area contributed by atoms with Crippen LogP contribution in [0.15, 0.2) is 53.6 Å². The van der Waals surface area contributed by atoms with Gasteiger partial charge in [0.1, 0.15) is 5.75 Å². The first kappa shape index (κ1) is 16.2. The molecule has 0 saturated heterocycles. The second-order valence-electron chi connectivity index (χ2n) is 4.81. The van der Waals surface area contributed by atoms with Crippen molar-refractivity contribution in [2.75, 3.05) is 6.61 Å². The van der Waals surface area contributed by atoms with Gasteiger partial charge < -0.3 is 4.74 Å². The summed E-state index contributed by atoms with van der Waals surface area (Å²) in [5.74, 6) is 0.308. The lowest BCUT2D eigenvalue weighted by molar-refractivity contribution is -0.123. The molecular weight excluding hydrogens is 290 g/mol. The van der Waals surface area contributed by atoms with E-state index in [1.54, 1.807) is 24.3 Å². The van der Waals surface area contributed by atoms with E-state index in [0.29, 0.717) is 11.3 Å². The second-order valence-corrected chi connectivity index (χ2v) is 4.81. The van der Waals surface area contributed by atoms with Crippen molar-refractivity contribution in [3.8, 4) is 11.8 Å². The highest BCUT2D eigenvalue weighted by Crippen LogP contribution is 2.12. The molecule has 0 unspecified atom stereocenters. The molecule has 0 aromatic heterocycles. The minimum Gasteiger partial charge on any atom is -0.484 e. The average molecular weight is 307 g/mol. The summed E-state index contributed by atoms with van der Waals surface area (Å²) < 4.78 is 5.38. The number of hydrogen-bond acceptors (Lipinski definition) is 4. The number of nitriles is 1. The number of rotatable bonds is 6. The Morgan fingerprint density at radius 2 is 1.91 bits per heavy atom. The fourth-order valence-corrected chi connectivity index (χ4v) is 1.83. The van der Waals surface area contributed by atoms with Gasteiger partial charge in [0.25, 0.3) is 5.91 Å². The van der Waals surface area contributed by atoms with Gasteiger partial charge >= 0.3 is 0 Å². The first-order valence-corrected chi connectivity index (χ1v) is 7.25. The van der Waals surface area contributed by atoms with Gasteiger partial charge in [-0.1, -0.05) is 31.2 Å². The number of benzene rings is 2. The molecule has 0 heterocycles. The molecule has 5 heteroatoms. The van der Waals surface area contributed by atoms with Crippen molar-refractivity contribution in [2.24, 2.45) is 5.10 Å². The molecule has 0 radical (unpaired) electrons. The van der Waals surface area contributed by atoms with E-state index >= 15 is 0 Å². The van der Waals surface area contributed by atoms with Crippen LogP contribution < -0.4 is 10.2 Å². The molecule has 0 fully saturated rings. The summed E-state index contributed by atoms with van der Waals surface area (Å²) in [6.07, 6.45) is 2.47. The third-order valence-corrected chi connectivity index (χ3v) is 3.14. The molecular formula is C18H17N3O2. The van der Waals surface area contributed by atoms with Gasteiger partial charge in [-0.15, -0.1) is 0 Å². The van der Waals surface area contributed by atoms with Crippen LogP contribution in [0, 0.1) is 11.3 Å². The standard InChI is InChI=1S/C18H17N3O2/c1-2-14-7-9-17(10-8-14)23-13-18(22)21-20-12-16-5-3-15(11-19)4-6-16/h3-10,12H,2,13H2,1H3,(H,21,22)/b20-12-. The van der Waals surface area contributed by atoms with Crippen molar-refractivity contribution in [1.82, 2.24) is 5.43 Å². The Hall–Kier alpha value is -3.13. The molecule has 0 aliphatic heterocycles. The molecule has 0 bridgehead atoms. The number of ether oxygens (including phenoxy) is 1. The van der Waals surface area contributed by atoms with Gasteiger partial charge in [0.15, 0.2) is 6.61 Å². The molecule has 0 saturated carbocycles. The Morgan fingerprint density at radius 3 is 2.52 bits per heavy atom. The fraction of sp³-hybridized carbons (Fsp3) is 0.167. The third-order valence-electron chi connectivity index (χ3n) is 3.14. The van der Waals surface area contributed by atoms with E-state index in [0.717, 1.165) is 12.0 Å². The van der Waals surface area contributed by atoms with Crippen molar-refractivity contribution in [3.63, 3.8) is 0 Å². The number of aryl methyl sites for hydroxylation is 1. The predicted molar refractivity (Wildman–Crippen MR) is 88.2 cm³/mol. The third kappa shape index (κ3) is 5.29. The van der Waals surface area contributed by atoms with Crippen LogP contribution in [-0.4, -0.2) is 18.7 Å². The normalized spacial score (nSPS) is 10.3. The summed E-state index contributed by atoms with van der Waals surface area (Å²) >= 11 is 0. The van der Waals surface area contributed by atoms with E-state index in [1.807, 2.05) is 30.3 Å². The summed E-state index contributed by atoms with van der Waals surface area (Å²) in [6.45, 7) is 1.98. The largest absolute Gasteiger partial charge is 0.484 e. The summed E-state index contributed by atoms with van der Waals surface area (Å²) in [5.41, 5.74) is 4.98. The van der Waals surface area contributed by atoms with Crippen LogP contribution in [0.3, 0.4) is 0 Å². The highest BCUT2D eigenvalue weighted by atomic mass is 16.5.